The maximum atomic E-state index is 13.2. The van der Waals surface area contributed by atoms with Gasteiger partial charge in [-0.15, -0.1) is 5.10 Å². The Morgan fingerprint density at radius 2 is 1.14 bits per heavy atom. The van der Waals surface area contributed by atoms with Crippen LogP contribution in [0.5, 0.6) is 5.75 Å². The van der Waals surface area contributed by atoms with E-state index in [0.29, 0.717) is 102 Å². The van der Waals surface area contributed by atoms with Crippen molar-refractivity contribution in [1.29, 1.82) is 0 Å². The highest BCUT2D eigenvalue weighted by Crippen LogP contribution is 2.18. The zero-order chi connectivity index (χ0) is 67.6. The maximum Gasteiger partial charge on any atom is 0.326 e. The van der Waals surface area contributed by atoms with Crippen LogP contribution < -0.4 is 31.3 Å². The molecule has 12 N–H and O–H groups in total. The fraction of sp³-hybridized carbons (Fsp3) is 0.621. The molecule has 3 heterocycles. The monoisotopic (exact) mass is 1300 g/mol. The minimum absolute atomic E-state index is 0.0142. The summed E-state index contributed by atoms with van der Waals surface area (Å²) in [6, 6.07) is 3.52. The van der Waals surface area contributed by atoms with E-state index in [2.05, 4.69) is 46.8 Å². The number of amides is 5. The van der Waals surface area contributed by atoms with E-state index in [4.69, 9.17) is 9.84 Å². The second kappa shape index (κ2) is 40.1. The van der Waals surface area contributed by atoms with Crippen LogP contribution >= 0.6 is 0 Å². The van der Waals surface area contributed by atoms with Gasteiger partial charge in [0.25, 0.3) is 0 Å². The number of carboxylic acid groups (broad SMARTS) is 7. The lowest BCUT2D eigenvalue weighted by atomic mass is 10.0. The first-order valence-corrected chi connectivity index (χ1v) is 30.4. The Hall–Kier alpha value is -8.86. The van der Waals surface area contributed by atoms with Crippen LogP contribution in [0.15, 0.2) is 42.9 Å². The van der Waals surface area contributed by atoms with Crippen LogP contribution in [0.3, 0.4) is 0 Å². The summed E-state index contributed by atoms with van der Waals surface area (Å²) in [4.78, 5) is 145. The van der Waals surface area contributed by atoms with Gasteiger partial charge >= 0.3 is 47.8 Å². The smallest absolute Gasteiger partial charge is 0.326 e. The topological polar surface area (TPSA) is 463 Å². The number of benzene rings is 1. The molecule has 2 atom stereocenters. The number of hydrogen-bond acceptors (Lipinski definition) is 20. The zero-order valence-electron chi connectivity index (χ0n) is 52.1. The first kappa shape index (κ1) is 75.6. The molecule has 0 bridgehead atoms. The summed E-state index contributed by atoms with van der Waals surface area (Å²) in [5, 5.41) is 86.7. The Morgan fingerprint density at radius 1 is 0.587 bits per heavy atom. The molecule has 0 unspecified atom stereocenters. The van der Waals surface area contributed by atoms with Crippen LogP contribution in [0.1, 0.15) is 102 Å². The Balaban J connectivity index is 1.26. The number of rotatable bonds is 42. The van der Waals surface area contributed by atoms with Crippen molar-refractivity contribution < 1.29 is 93.2 Å². The lowest BCUT2D eigenvalue weighted by molar-refractivity contribution is -0.141. The van der Waals surface area contributed by atoms with Gasteiger partial charge in [0.15, 0.2) is 0 Å². The largest absolute Gasteiger partial charge is 0.487 e. The van der Waals surface area contributed by atoms with Crippen molar-refractivity contribution in [3.8, 4) is 5.75 Å². The molecule has 0 spiro atoms. The lowest BCUT2D eigenvalue weighted by Crippen LogP contribution is -2.51. The van der Waals surface area contributed by atoms with Gasteiger partial charge in [0.1, 0.15) is 42.5 Å². The number of nitrogens with zero attached hydrogens (tertiary/aromatic N) is 10. The number of aliphatic carboxylic acids is 7. The summed E-state index contributed by atoms with van der Waals surface area (Å²) in [6.45, 7) is 7.04. The molecule has 92 heavy (non-hydrogen) atoms. The van der Waals surface area contributed by atoms with Crippen LogP contribution in [0, 0.1) is 0 Å². The molecule has 1 fully saturated rings. The molecule has 2 aromatic heterocycles. The number of aromatic nitrogens is 5. The van der Waals surface area contributed by atoms with E-state index in [1.54, 1.807) is 56.4 Å². The van der Waals surface area contributed by atoms with Crippen LogP contribution in [0.25, 0.3) is 0 Å². The molecule has 5 amide bonds. The van der Waals surface area contributed by atoms with Crippen molar-refractivity contribution >= 4 is 65.5 Å². The number of carbonyl (C=O) groups is 11. The summed E-state index contributed by atoms with van der Waals surface area (Å²) in [6.07, 6.45) is 7.14. The third-order valence-electron chi connectivity index (χ3n) is 14.6. The molecule has 0 aliphatic carbocycles. The van der Waals surface area contributed by atoms with Gasteiger partial charge in [0.2, 0.25) is 17.7 Å². The minimum atomic E-state index is -1.53. The van der Waals surface area contributed by atoms with Gasteiger partial charge in [0.05, 0.1) is 45.3 Å². The third kappa shape index (κ3) is 32.2. The molecule has 0 saturated carbocycles. The van der Waals surface area contributed by atoms with Crippen LogP contribution in [0.2, 0.25) is 0 Å². The number of carboxylic acids is 7. The van der Waals surface area contributed by atoms with Gasteiger partial charge in [-0.25, -0.2) is 19.4 Å². The molecule has 3 aromatic rings. The Bertz CT molecular complexity index is 2860. The molecule has 1 aliphatic rings. The van der Waals surface area contributed by atoms with Crippen molar-refractivity contribution in [3.63, 3.8) is 0 Å². The molecule has 1 aromatic carbocycles. The first-order chi connectivity index (χ1) is 43.7. The lowest BCUT2D eigenvalue weighted by Gasteiger charge is -2.32. The molecule has 1 aliphatic heterocycles. The fourth-order valence-corrected chi connectivity index (χ4v) is 9.90. The maximum absolute atomic E-state index is 13.2. The highest BCUT2D eigenvalue weighted by molar-refractivity contribution is 5.86. The summed E-state index contributed by atoms with van der Waals surface area (Å²) in [5.41, 5.74) is 0.505. The van der Waals surface area contributed by atoms with E-state index >= 15 is 0 Å². The van der Waals surface area contributed by atoms with Gasteiger partial charge in [-0.1, -0.05) is 23.8 Å². The van der Waals surface area contributed by atoms with Crippen molar-refractivity contribution in [1.82, 2.24) is 75.6 Å². The normalized spacial score (nSPS) is 14.6. The van der Waals surface area contributed by atoms with Crippen molar-refractivity contribution in [2.24, 2.45) is 0 Å². The summed E-state index contributed by atoms with van der Waals surface area (Å²) >= 11 is 0. The molecule has 34 nitrogen and oxygen atoms in total. The van der Waals surface area contributed by atoms with E-state index in [9.17, 15) is 83.4 Å². The van der Waals surface area contributed by atoms with Crippen LogP contribution in [-0.4, -0.2) is 266 Å². The molecular weight excluding hydrogens is 1210 g/mol. The van der Waals surface area contributed by atoms with E-state index in [-0.39, 0.29) is 122 Å². The zero-order valence-corrected chi connectivity index (χ0v) is 52.1. The molecule has 1 saturated heterocycles. The van der Waals surface area contributed by atoms with Gasteiger partial charge in [-0.05, 0) is 83.0 Å². The average molecular weight is 1300 g/mol. The number of unbranched alkanes of at least 4 members (excludes halogenated alkanes) is 3. The molecule has 34 heteroatoms. The summed E-state index contributed by atoms with van der Waals surface area (Å²) < 4.78 is 9.38. The second-order valence-electron chi connectivity index (χ2n) is 23.1. The fourth-order valence-electron chi connectivity index (χ4n) is 9.90. The van der Waals surface area contributed by atoms with Gasteiger partial charge in [-0.2, -0.15) is 0 Å². The van der Waals surface area contributed by atoms with Gasteiger partial charge in [-0.3, -0.25) is 67.5 Å². The van der Waals surface area contributed by atoms with Gasteiger partial charge in [0, 0.05) is 109 Å². The van der Waals surface area contributed by atoms with Crippen molar-refractivity contribution in [2.75, 3.05) is 98.2 Å². The number of aryl methyl sites for hydroxylation is 1. The van der Waals surface area contributed by atoms with Crippen molar-refractivity contribution in [3.05, 3.63) is 59.9 Å². The minimum Gasteiger partial charge on any atom is -0.487 e. The number of carbonyl (C=O) groups excluding carboxylic acids is 4. The number of nitrogens with one attached hydrogen (secondary N) is 5. The predicted molar refractivity (Wildman–Crippen MR) is 325 cm³/mol. The highest BCUT2D eigenvalue weighted by atomic mass is 16.5. The molecular formula is C58H89N15O19. The number of ether oxygens (including phenoxy) is 1. The summed E-state index contributed by atoms with van der Waals surface area (Å²) in [5.74, 6) is -7.97. The predicted octanol–water partition coefficient (Wildman–Crippen LogP) is -0.676. The number of imidazole rings is 1. The standard InChI is InChI=1S/C58H89N15O19/c1-58(2,31-51(79)80)64-49(76)36-72-22-19-59-46(72)34-71(20-7-3-4-10-47(74)60-17-6-5-9-44(55(87)88)62-57(91)63-45(56(89)90)15-16-50(77)78)32-41-11-13-43(14-12-41)92-40-42-33-73(66-65-42)21-8-18-61-48(75)35-67-23-25-68(37-52(81)82)27-29-70(39-54(85)86)30-28-69(26-24-67)38-53(83)84/h11-14,19,22,33,44-45H,3-10,15-18,20-21,23-32,34-40H2,1-2H3,(H,60,74)(H,61,75)(H,64,76)(H,77,78)(H,79,80)(H,81,82)(H,83,84)(H,85,86)(H,87,88)(H,89,90)(H2,62,63,91)/t44-,45-/m0/s1. The Labute approximate surface area is 531 Å². The van der Waals surface area contributed by atoms with Crippen LogP contribution in [-0.2, 0) is 80.7 Å². The van der Waals surface area contributed by atoms with Crippen LogP contribution in [0.4, 0.5) is 4.79 Å². The number of hydrogen-bond donors (Lipinski definition) is 12. The SMILES string of the molecule is CC(C)(CC(=O)O)NC(=O)Cn1ccnc1CN(CCCCCC(=O)NCCCC[C@H](NC(=O)N[C@@H](CCC(=O)O)C(=O)O)C(=O)O)Cc1ccc(OCc2cn(CCCNC(=O)CN3CCN(CC(=O)O)CCN(CC(=O)O)CCN(CC(=O)O)CC3)nn2)cc1. The number of urea groups is 1. The van der Waals surface area contributed by atoms with E-state index in [0.717, 1.165) is 5.56 Å². The van der Waals surface area contributed by atoms with Gasteiger partial charge < -0.3 is 71.6 Å². The average Bonchev–Trinajstić information content (AvgIpc) is 2.32. The van der Waals surface area contributed by atoms with E-state index in [1.165, 1.54) is 0 Å². The summed E-state index contributed by atoms with van der Waals surface area (Å²) in [7, 11) is 0. The first-order valence-electron chi connectivity index (χ1n) is 30.4. The molecule has 4 rings (SSSR count). The van der Waals surface area contributed by atoms with E-state index < -0.39 is 78.3 Å². The van der Waals surface area contributed by atoms with E-state index in [1.807, 2.05) is 29.2 Å². The quantitative estimate of drug-likeness (QED) is 0.0313. The highest BCUT2D eigenvalue weighted by Gasteiger charge is 2.27. The Morgan fingerprint density at radius 3 is 1.70 bits per heavy atom. The molecule has 0 radical (unpaired) electrons. The van der Waals surface area contributed by atoms with Crippen molar-refractivity contribution in [2.45, 2.75) is 135 Å². The third-order valence-corrected chi connectivity index (χ3v) is 14.6. The second-order valence-corrected chi connectivity index (χ2v) is 23.1. The molecule has 510 valence electrons. The Kier molecular flexibility index (Phi) is 32.9.